The van der Waals surface area contributed by atoms with Gasteiger partial charge in [0.05, 0.1) is 4.91 Å². The lowest BCUT2D eigenvalue weighted by Gasteiger charge is -2.27. The second kappa shape index (κ2) is 8.81. The lowest BCUT2D eigenvalue weighted by molar-refractivity contribution is -0.114. The fraction of sp³-hybridized carbons (Fsp3) is 0.227. The topological polar surface area (TPSA) is 86.2 Å². The SMILES string of the molecule is CC1=C(C(N)=O)SC(n2ccn(CCc3ccc(F)cc3)c2=O)N1Cc1cccnc1. The molecule has 0 bridgehead atoms. The fourth-order valence-electron chi connectivity index (χ4n) is 3.55. The van der Waals surface area contributed by atoms with Gasteiger partial charge in [-0.15, -0.1) is 0 Å². The molecule has 0 aliphatic carbocycles. The largest absolute Gasteiger partial charge is 0.365 e. The first kappa shape index (κ1) is 20.9. The number of carbonyl (C=O) groups excluding carboxylic acids is 1. The molecule has 4 rings (SSSR count). The van der Waals surface area contributed by atoms with Crippen LogP contribution in [-0.4, -0.2) is 24.9 Å². The van der Waals surface area contributed by atoms with E-state index in [0.29, 0.717) is 24.4 Å². The normalized spacial score (nSPS) is 16.2. The summed E-state index contributed by atoms with van der Waals surface area (Å²) in [6.07, 6.45) is 7.51. The maximum atomic E-state index is 13.1. The van der Waals surface area contributed by atoms with Gasteiger partial charge in [0, 0.05) is 43.6 Å². The zero-order valence-electron chi connectivity index (χ0n) is 16.9. The molecule has 0 spiro atoms. The summed E-state index contributed by atoms with van der Waals surface area (Å²) in [7, 11) is 0. The van der Waals surface area contributed by atoms with Crippen LogP contribution >= 0.6 is 11.8 Å². The number of thioether (sulfide) groups is 1. The fourth-order valence-corrected chi connectivity index (χ4v) is 4.79. The number of pyridine rings is 1. The third kappa shape index (κ3) is 4.41. The number of aromatic nitrogens is 3. The Hall–Kier alpha value is -3.33. The van der Waals surface area contributed by atoms with Crippen molar-refractivity contribution in [1.82, 2.24) is 19.0 Å². The van der Waals surface area contributed by atoms with Crippen LogP contribution in [0.2, 0.25) is 0 Å². The third-order valence-electron chi connectivity index (χ3n) is 5.22. The van der Waals surface area contributed by atoms with Gasteiger partial charge in [-0.2, -0.15) is 0 Å². The van der Waals surface area contributed by atoms with Crippen LogP contribution in [0.25, 0.3) is 0 Å². The molecule has 160 valence electrons. The Morgan fingerprint density at radius 2 is 1.97 bits per heavy atom. The molecule has 9 heteroatoms. The maximum Gasteiger partial charge on any atom is 0.330 e. The molecular formula is C22H22FN5O2S. The number of rotatable bonds is 7. The van der Waals surface area contributed by atoms with Crippen molar-refractivity contribution in [3.05, 3.63) is 99.2 Å². The molecular weight excluding hydrogens is 417 g/mol. The van der Waals surface area contributed by atoms with Gasteiger partial charge >= 0.3 is 5.69 Å². The zero-order valence-corrected chi connectivity index (χ0v) is 17.8. The number of imidazole rings is 1. The number of carbonyl (C=O) groups is 1. The number of hydrogen-bond acceptors (Lipinski definition) is 5. The molecule has 1 aromatic carbocycles. The number of hydrogen-bond donors (Lipinski definition) is 1. The number of nitrogens with two attached hydrogens (primary N) is 1. The van der Waals surface area contributed by atoms with E-state index in [9.17, 15) is 14.0 Å². The first-order chi connectivity index (χ1) is 14.9. The van der Waals surface area contributed by atoms with Crippen molar-refractivity contribution in [1.29, 1.82) is 0 Å². The van der Waals surface area contributed by atoms with E-state index in [1.807, 2.05) is 24.0 Å². The van der Waals surface area contributed by atoms with Crippen LogP contribution in [0.5, 0.6) is 0 Å². The highest BCUT2D eigenvalue weighted by Crippen LogP contribution is 2.44. The summed E-state index contributed by atoms with van der Waals surface area (Å²) in [5.74, 6) is -0.794. The average Bonchev–Trinajstić information content (AvgIpc) is 3.28. The van der Waals surface area contributed by atoms with Crippen LogP contribution in [-0.2, 0) is 24.3 Å². The lowest BCUT2D eigenvalue weighted by Crippen LogP contribution is -2.33. The Kier molecular flexibility index (Phi) is 5.94. The molecule has 1 atom stereocenters. The number of amides is 1. The third-order valence-corrected chi connectivity index (χ3v) is 6.64. The Labute approximate surface area is 183 Å². The molecule has 2 aromatic heterocycles. The Balaban J connectivity index is 1.57. The number of allylic oxidation sites excluding steroid dienone is 1. The molecule has 7 nitrogen and oxygen atoms in total. The first-order valence-corrected chi connectivity index (χ1v) is 10.7. The summed E-state index contributed by atoms with van der Waals surface area (Å²) >= 11 is 1.27. The Morgan fingerprint density at radius 1 is 1.19 bits per heavy atom. The lowest BCUT2D eigenvalue weighted by atomic mass is 10.1. The highest BCUT2D eigenvalue weighted by Gasteiger charge is 2.35. The van der Waals surface area contributed by atoms with Gasteiger partial charge in [0.25, 0.3) is 5.91 Å². The average molecular weight is 440 g/mol. The van der Waals surface area contributed by atoms with E-state index in [4.69, 9.17) is 5.73 Å². The summed E-state index contributed by atoms with van der Waals surface area (Å²) in [6.45, 7) is 2.79. The van der Waals surface area contributed by atoms with Crippen LogP contribution in [0.4, 0.5) is 4.39 Å². The molecule has 2 N–H and O–H groups in total. The van der Waals surface area contributed by atoms with Crippen molar-refractivity contribution in [2.45, 2.75) is 31.9 Å². The summed E-state index contributed by atoms with van der Waals surface area (Å²) in [5.41, 5.74) is 7.60. The summed E-state index contributed by atoms with van der Waals surface area (Å²) in [6, 6.07) is 10.0. The van der Waals surface area contributed by atoms with Gasteiger partial charge in [-0.25, -0.2) is 9.18 Å². The van der Waals surface area contributed by atoms with E-state index in [1.54, 1.807) is 46.1 Å². The van der Waals surface area contributed by atoms with E-state index in [1.165, 1.54) is 23.9 Å². The second-order valence-electron chi connectivity index (χ2n) is 7.27. The molecule has 0 radical (unpaired) electrons. The predicted octanol–water partition coefficient (Wildman–Crippen LogP) is 2.85. The molecule has 3 heterocycles. The minimum Gasteiger partial charge on any atom is -0.365 e. The highest BCUT2D eigenvalue weighted by atomic mass is 32.2. The quantitative estimate of drug-likeness (QED) is 0.612. The van der Waals surface area contributed by atoms with Crippen LogP contribution in [0.3, 0.4) is 0 Å². The number of primary amides is 1. The van der Waals surface area contributed by atoms with Crippen molar-refractivity contribution in [2.24, 2.45) is 5.73 Å². The summed E-state index contributed by atoms with van der Waals surface area (Å²) in [4.78, 5) is 31.6. The van der Waals surface area contributed by atoms with Crippen LogP contribution in [0.1, 0.15) is 23.5 Å². The first-order valence-electron chi connectivity index (χ1n) is 9.78. The van der Waals surface area contributed by atoms with E-state index in [-0.39, 0.29) is 11.5 Å². The summed E-state index contributed by atoms with van der Waals surface area (Å²) < 4.78 is 16.3. The van der Waals surface area contributed by atoms with Crippen molar-refractivity contribution >= 4 is 17.7 Å². The molecule has 1 unspecified atom stereocenters. The van der Waals surface area contributed by atoms with Crippen molar-refractivity contribution in [2.75, 3.05) is 0 Å². The molecule has 0 saturated heterocycles. The second-order valence-corrected chi connectivity index (χ2v) is 8.34. The monoisotopic (exact) mass is 439 g/mol. The Morgan fingerprint density at radius 3 is 2.65 bits per heavy atom. The van der Waals surface area contributed by atoms with E-state index in [0.717, 1.165) is 16.8 Å². The molecule has 0 fully saturated rings. The maximum absolute atomic E-state index is 13.1. The zero-order chi connectivity index (χ0) is 22.0. The van der Waals surface area contributed by atoms with Gasteiger partial charge in [-0.1, -0.05) is 30.0 Å². The molecule has 3 aromatic rings. The van der Waals surface area contributed by atoms with Crippen LogP contribution < -0.4 is 11.4 Å². The van der Waals surface area contributed by atoms with Crippen LogP contribution in [0, 0.1) is 5.82 Å². The van der Waals surface area contributed by atoms with Crippen molar-refractivity contribution in [3.63, 3.8) is 0 Å². The molecule has 31 heavy (non-hydrogen) atoms. The minimum atomic E-state index is -0.509. The smallest absolute Gasteiger partial charge is 0.330 e. The highest BCUT2D eigenvalue weighted by molar-refractivity contribution is 8.04. The number of aryl methyl sites for hydroxylation is 2. The van der Waals surface area contributed by atoms with Crippen LogP contribution in [0.15, 0.2) is 76.6 Å². The van der Waals surface area contributed by atoms with E-state index in [2.05, 4.69) is 4.98 Å². The molecule has 1 amide bonds. The van der Waals surface area contributed by atoms with Gasteiger partial charge in [0.15, 0.2) is 5.50 Å². The Bertz CT molecular complexity index is 1170. The van der Waals surface area contributed by atoms with Gasteiger partial charge < -0.3 is 10.6 Å². The molecule has 0 saturated carbocycles. The van der Waals surface area contributed by atoms with E-state index >= 15 is 0 Å². The number of nitrogens with zero attached hydrogens (tertiary/aromatic N) is 4. The number of halogens is 1. The molecule has 1 aliphatic rings. The van der Waals surface area contributed by atoms with Crippen molar-refractivity contribution < 1.29 is 9.18 Å². The standard InChI is InChI=1S/C22H22FN5O2S/c1-15-19(20(24)29)31-22(28(15)14-17-3-2-9-25-13-17)27-12-11-26(21(27)30)10-8-16-4-6-18(23)7-5-16/h2-7,9,11-13,22H,8,10,14H2,1H3,(H2,24,29). The molecule has 1 aliphatic heterocycles. The van der Waals surface area contributed by atoms with Gasteiger partial charge in [0.2, 0.25) is 0 Å². The minimum absolute atomic E-state index is 0.186. The van der Waals surface area contributed by atoms with Crippen molar-refractivity contribution in [3.8, 4) is 0 Å². The van der Waals surface area contributed by atoms with E-state index < -0.39 is 11.4 Å². The summed E-state index contributed by atoms with van der Waals surface area (Å²) in [5, 5.41) is 0. The predicted molar refractivity (Wildman–Crippen MR) is 117 cm³/mol. The van der Waals surface area contributed by atoms with Gasteiger partial charge in [-0.3, -0.25) is 18.9 Å². The van der Waals surface area contributed by atoms with Gasteiger partial charge in [-0.05, 0) is 42.7 Å². The van der Waals surface area contributed by atoms with Gasteiger partial charge in [0.1, 0.15) is 5.82 Å². The number of benzene rings is 1.